The van der Waals surface area contributed by atoms with Gasteiger partial charge < -0.3 is 5.32 Å². The fraction of sp³-hybridized carbons (Fsp3) is 0.333. The van der Waals surface area contributed by atoms with E-state index in [2.05, 4.69) is 20.7 Å². The highest BCUT2D eigenvalue weighted by atomic mass is 32.1. The molecule has 0 radical (unpaired) electrons. The summed E-state index contributed by atoms with van der Waals surface area (Å²) in [6, 6.07) is 6.38. The minimum Gasteiger partial charge on any atom is -0.309 e. The molecule has 3 nitrogen and oxygen atoms in total. The monoisotopic (exact) mass is 231 g/mol. The number of nitrogens with zero attached hydrogens (tertiary/aromatic N) is 2. The van der Waals surface area contributed by atoms with Gasteiger partial charge in [0.2, 0.25) is 0 Å². The molecule has 3 rings (SSSR count). The lowest BCUT2D eigenvalue weighted by Crippen LogP contribution is -2.12. The molecule has 0 bridgehead atoms. The molecule has 0 saturated carbocycles. The molecule has 16 heavy (non-hydrogen) atoms. The van der Waals surface area contributed by atoms with E-state index in [0.29, 0.717) is 6.04 Å². The topological polar surface area (TPSA) is 37.8 Å². The SMILES string of the molecule is c1ccc(-c2nc([C@@H]3CCCN3)cs2)nc1. The standard InChI is InChI=1S/C12H13N3S/c1-2-6-14-10(4-1)12-15-11(8-16-12)9-5-3-7-13-9/h1-2,4,6,8-9,13H,3,5,7H2/t9-/m0/s1. The van der Waals surface area contributed by atoms with Gasteiger partial charge >= 0.3 is 0 Å². The maximum atomic E-state index is 4.66. The number of hydrogen-bond acceptors (Lipinski definition) is 4. The van der Waals surface area contributed by atoms with Crippen molar-refractivity contribution in [1.82, 2.24) is 15.3 Å². The summed E-state index contributed by atoms with van der Waals surface area (Å²) in [5, 5.41) is 6.63. The lowest BCUT2D eigenvalue weighted by atomic mass is 10.2. The van der Waals surface area contributed by atoms with Gasteiger partial charge in [-0.2, -0.15) is 0 Å². The van der Waals surface area contributed by atoms with Crippen molar-refractivity contribution < 1.29 is 0 Å². The molecule has 0 amide bonds. The molecule has 3 heterocycles. The Labute approximate surface area is 98.6 Å². The number of rotatable bonds is 2. The van der Waals surface area contributed by atoms with Crippen molar-refractivity contribution in [2.45, 2.75) is 18.9 Å². The number of thiazole rings is 1. The zero-order chi connectivity index (χ0) is 10.8. The largest absolute Gasteiger partial charge is 0.309 e. The van der Waals surface area contributed by atoms with Gasteiger partial charge in [-0.3, -0.25) is 4.98 Å². The highest BCUT2D eigenvalue weighted by Crippen LogP contribution is 2.28. The van der Waals surface area contributed by atoms with E-state index in [4.69, 9.17) is 0 Å². The van der Waals surface area contributed by atoms with Crippen LogP contribution in [0.2, 0.25) is 0 Å². The molecule has 82 valence electrons. The Morgan fingerprint density at radius 3 is 3.12 bits per heavy atom. The molecule has 0 aliphatic carbocycles. The molecule has 1 aliphatic rings. The first-order valence-electron chi connectivity index (χ1n) is 5.54. The molecule has 1 saturated heterocycles. The fourth-order valence-electron chi connectivity index (χ4n) is 1.99. The van der Waals surface area contributed by atoms with E-state index in [0.717, 1.165) is 17.2 Å². The first kappa shape index (κ1) is 9.93. The molecular weight excluding hydrogens is 218 g/mol. The van der Waals surface area contributed by atoms with E-state index in [1.54, 1.807) is 11.3 Å². The van der Waals surface area contributed by atoms with E-state index < -0.39 is 0 Å². The highest BCUT2D eigenvalue weighted by molar-refractivity contribution is 7.13. The van der Waals surface area contributed by atoms with Crippen molar-refractivity contribution in [1.29, 1.82) is 0 Å². The Hall–Kier alpha value is -1.26. The van der Waals surface area contributed by atoms with Crippen molar-refractivity contribution in [3.8, 4) is 10.7 Å². The van der Waals surface area contributed by atoms with Crippen LogP contribution in [0.25, 0.3) is 10.7 Å². The first-order valence-corrected chi connectivity index (χ1v) is 6.42. The lowest BCUT2D eigenvalue weighted by Gasteiger charge is -2.04. The van der Waals surface area contributed by atoms with Crippen molar-refractivity contribution in [2.24, 2.45) is 0 Å². The summed E-state index contributed by atoms with van der Waals surface area (Å²) < 4.78 is 0. The maximum Gasteiger partial charge on any atom is 0.142 e. The molecule has 2 aromatic heterocycles. The molecular formula is C12H13N3S. The van der Waals surface area contributed by atoms with Gasteiger partial charge in [-0.05, 0) is 31.5 Å². The predicted molar refractivity (Wildman–Crippen MR) is 65.3 cm³/mol. The summed E-state index contributed by atoms with van der Waals surface area (Å²) in [6.45, 7) is 1.11. The molecule has 1 N–H and O–H groups in total. The Morgan fingerprint density at radius 1 is 1.38 bits per heavy atom. The van der Waals surface area contributed by atoms with E-state index in [1.165, 1.54) is 18.5 Å². The second-order valence-electron chi connectivity index (χ2n) is 3.94. The zero-order valence-electron chi connectivity index (χ0n) is 8.89. The average Bonchev–Trinajstić information content (AvgIpc) is 3.01. The molecule has 2 aromatic rings. The molecule has 1 fully saturated rings. The molecule has 0 aromatic carbocycles. The second kappa shape index (κ2) is 4.31. The Balaban J connectivity index is 1.87. The van der Waals surface area contributed by atoms with Crippen molar-refractivity contribution in [3.63, 3.8) is 0 Å². The van der Waals surface area contributed by atoms with Crippen LogP contribution in [0.1, 0.15) is 24.6 Å². The minimum atomic E-state index is 0.453. The van der Waals surface area contributed by atoms with E-state index in [-0.39, 0.29) is 0 Å². The van der Waals surface area contributed by atoms with Crippen LogP contribution in [0.5, 0.6) is 0 Å². The van der Waals surface area contributed by atoms with Crippen LogP contribution < -0.4 is 5.32 Å². The van der Waals surface area contributed by atoms with Crippen molar-refractivity contribution in [3.05, 3.63) is 35.5 Å². The lowest BCUT2D eigenvalue weighted by molar-refractivity contribution is 0.632. The summed E-state index contributed by atoms with van der Waals surface area (Å²) in [4.78, 5) is 8.97. The van der Waals surface area contributed by atoms with E-state index in [1.807, 2.05) is 24.4 Å². The molecule has 4 heteroatoms. The molecule has 1 atom stereocenters. The molecule has 0 spiro atoms. The summed E-state index contributed by atoms with van der Waals surface area (Å²) in [5.74, 6) is 0. The fourth-order valence-corrected chi connectivity index (χ4v) is 2.84. The molecule has 0 unspecified atom stereocenters. The van der Waals surface area contributed by atoms with Crippen LogP contribution in [0.15, 0.2) is 29.8 Å². The number of aromatic nitrogens is 2. The van der Waals surface area contributed by atoms with Gasteiger partial charge in [0.15, 0.2) is 0 Å². The van der Waals surface area contributed by atoms with Crippen LogP contribution in [-0.4, -0.2) is 16.5 Å². The molecule has 1 aliphatic heterocycles. The number of pyridine rings is 1. The third kappa shape index (κ3) is 1.86. The van der Waals surface area contributed by atoms with E-state index in [9.17, 15) is 0 Å². The minimum absolute atomic E-state index is 0.453. The number of hydrogen-bond donors (Lipinski definition) is 1. The highest BCUT2D eigenvalue weighted by Gasteiger charge is 2.19. The summed E-state index contributed by atoms with van der Waals surface area (Å²) in [7, 11) is 0. The normalized spacial score (nSPS) is 20.1. The van der Waals surface area contributed by atoms with Gasteiger partial charge in [-0.25, -0.2) is 4.98 Å². The van der Waals surface area contributed by atoms with E-state index >= 15 is 0 Å². The van der Waals surface area contributed by atoms with Gasteiger partial charge in [0.1, 0.15) is 5.01 Å². The summed E-state index contributed by atoms with van der Waals surface area (Å²) >= 11 is 1.68. The smallest absolute Gasteiger partial charge is 0.142 e. The number of nitrogens with one attached hydrogen (secondary N) is 1. The third-order valence-corrected chi connectivity index (χ3v) is 3.71. The van der Waals surface area contributed by atoms with Crippen molar-refractivity contribution >= 4 is 11.3 Å². The zero-order valence-corrected chi connectivity index (χ0v) is 9.70. The summed E-state index contributed by atoms with van der Waals surface area (Å²) in [6.07, 6.45) is 4.26. The van der Waals surface area contributed by atoms with Gasteiger partial charge in [0, 0.05) is 11.6 Å². The second-order valence-corrected chi connectivity index (χ2v) is 4.80. The average molecular weight is 231 g/mol. The van der Waals surface area contributed by atoms with Crippen LogP contribution in [0, 0.1) is 0 Å². The van der Waals surface area contributed by atoms with Crippen LogP contribution in [0.3, 0.4) is 0 Å². The van der Waals surface area contributed by atoms with Gasteiger partial charge in [0.05, 0.1) is 17.4 Å². The third-order valence-electron chi connectivity index (χ3n) is 2.82. The van der Waals surface area contributed by atoms with Gasteiger partial charge in [0.25, 0.3) is 0 Å². The Bertz CT molecular complexity index is 460. The van der Waals surface area contributed by atoms with Crippen LogP contribution >= 0.6 is 11.3 Å². The first-order chi connectivity index (χ1) is 7.93. The quantitative estimate of drug-likeness (QED) is 0.863. The van der Waals surface area contributed by atoms with Crippen molar-refractivity contribution in [2.75, 3.05) is 6.54 Å². The predicted octanol–water partition coefficient (Wildman–Crippen LogP) is 2.63. The Kier molecular flexibility index (Phi) is 2.68. The van der Waals surface area contributed by atoms with Gasteiger partial charge in [-0.15, -0.1) is 11.3 Å². The Morgan fingerprint density at radius 2 is 2.38 bits per heavy atom. The summed E-state index contributed by atoms with van der Waals surface area (Å²) in [5.41, 5.74) is 2.14. The maximum absolute atomic E-state index is 4.66. The van der Waals surface area contributed by atoms with Crippen LogP contribution in [0.4, 0.5) is 0 Å². The van der Waals surface area contributed by atoms with Crippen LogP contribution in [-0.2, 0) is 0 Å². The van der Waals surface area contributed by atoms with Gasteiger partial charge in [-0.1, -0.05) is 6.07 Å².